The highest BCUT2D eigenvalue weighted by molar-refractivity contribution is 6.10. The summed E-state index contributed by atoms with van der Waals surface area (Å²) in [4.78, 5) is 24.4. The molecule has 166 valence electrons. The SMILES string of the molecule is NC(=O)c1c(OCCO)cc(-c2ccc3c(c2)N=CC(C2CCCCC2)C3)c2nc[nH]c12. The summed E-state index contributed by atoms with van der Waals surface area (Å²) in [6.07, 6.45) is 11.4. The van der Waals surface area contributed by atoms with Gasteiger partial charge in [-0.05, 0) is 48.4 Å². The molecule has 32 heavy (non-hydrogen) atoms. The van der Waals surface area contributed by atoms with Gasteiger partial charge >= 0.3 is 0 Å². The van der Waals surface area contributed by atoms with Crippen molar-refractivity contribution in [1.29, 1.82) is 0 Å². The lowest BCUT2D eigenvalue weighted by molar-refractivity contribution is 0.0996. The average Bonchev–Trinajstić information content (AvgIpc) is 3.31. The number of carbonyl (C=O) groups is 1. The van der Waals surface area contributed by atoms with Crippen LogP contribution in [0.4, 0.5) is 5.69 Å². The number of benzene rings is 2. The van der Waals surface area contributed by atoms with Gasteiger partial charge in [-0.25, -0.2) is 4.98 Å². The van der Waals surface area contributed by atoms with Crippen molar-refractivity contribution in [2.45, 2.75) is 38.5 Å². The van der Waals surface area contributed by atoms with Crippen LogP contribution in [-0.4, -0.2) is 40.4 Å². The van der Waals surface area contributed by atoms with E-state index in [1.165, 1.54) is 37.7 Å². The summed E-state index contributed by atoms with van der Waals surface area (Å²) in [6, 6.07) is 8.09. The second-order valence-electron chi connectivity index (χ2n) is 8.75. The molecule has 2 aliphatic rings. The number of rotatable bonds is 6. The molecule has 7 heteroatoms. The third kappa shape index (κ3) is 3.77. The highest BCUT2D eigenvalue weighted by atomic mass is 16.5. The van der Waals surface area contributed by atoms with E-state index in [0.717, 1.165) is 29.2 Å². The fourth-order valence-electron chi connectivity index (χ4n) is 5.18. The minimum Gasteiger partial charge on any atom is -0.490 e. The maximum Gasteiger partial charge on any atom is 0.254 e. The fourth-order valence-corrected chi connectivity index (χ4v) is 5.18. The lowest BCUT2D eigenvalue weighted by Gasteiger charge is -2.30. The summed E-state index contributed by atoms with van der Waals surface area (Å²) in [7, 11) is 0. The Morgan fingerprint density at radius 3 is 2.84 bits per heavy atom. The number of aliphatic imine (C=N–C) groups is 1. The number of nitrogens with one attached hydrogen (secondary N) is 1. The minimum atomic E-state index is -0.609. The van der Waals surface area contributed by atoms with Crippen LogP contribution >= 0.6 is 0 Å². The van der Waals surface area contributed by atoms with Crippen molar-refractivity contribution in [1.82, 2.24) is 9.97 Å². The van der Waals surface area contributed by atoms with Gasteiger partial charge in [0.15, 0.2) is 0 Å². The van der Waals surface area contributed by atoms with Crippen LogP contribution in [0.25, 0.3) is 22.2 Å². The highest BCUT2D eigenvalue weighted by Crippen LogP contribution is 2.40. The number of fused-ring (bicyclic) bond motifs is 2. The lowest BCUT2D eigenvalue weighted by atomic mass is 9.77. The monoisotopic (exact) mass is 432 g/mol. The second kappa shape index (κ2) is 8.74. The number of nitrogens with two attached hydrogens (primary N) is 1. The smallest absolute Gasteiger partial charge is 0.254 e. The molecule has 1 amide bonds. The normalized spacial score (nSPS) is 18.6. The predicted octanol–water partition coefficient (Wildman–Crippen LogP) is 4.15. The molecular formula is C25H28N4O3. The number of aliphatic hydroxyl groups is 1. The number of aromatic nitrogens is 2. The van der Waals surface area contributed by atoms with Crippen molar-refractivity contribution < 1.29 is 14.6 Å². The van der Waals surface area contributed by atoms with Crippen LogP contribution in [0.1, 0.15) is 48.0 Å². The van der Waals surface area contributed by atoms with E-state index in [1.54, 1.807) is 12.4 Å². The van der Waals surface area contributed by atoms with Gasteiger partial charge in [-0.2, -0.15) is 0 Å². The summed E-state index contributed by atoms with van der Waals surface area (Å²) < 4.78 is 5.65. The first-order valence-electron chi connectivity index (χ1n) is 11.4. The van der Waals surface area contributed by atoms with Gasteiger partial charge in [0, 0.05) is 17.7 Å². The average molecular weight is 433 g/mol. The van der Waals surface area contributed by atoms with Crippen LogP contribution in [0.3, 0.4) is 0 Å². The van der Waals surface area contributed by atoms with Gasteiger partial charge in [-0.15, -0.1) is 0 Å². The summed E-state index contributed by atoms with van der Waals surface area (Å²) in [6.45, 7) is -0.0966. The van der Waals surface area contributed by atoms with Gasteiger partial charge in [-0.3, -0.25) is 9.79 Å². The standard InChI is InChI=1S/C25H28N4O3/c26-25(31)22-21(32-9-8-30)12-19(23-24(22)29-14-28-23)16-6-7-17-10-18(13-27-20(17)11-16)15-4-2-1-3-5-15/h6-7,11-15,18,30H,1-5,8-10H2,(H2,26,31)(H,28,29). The van der Waals surface area contributed by atoms with Crippen LogP contribution in [0, 0.1) is 11.8 Å². The predicted molar refractivity (Wildman–Crippen MR) is 125 cm³/mol. The Kier molecular flexibility index (Phi) is 5.66. The lowest BCUT2D eigenvalue weighted by Crippen LogP contribution is -2.23. The van der Waals surface area contributed by atoms with Crippen molar-refractivity contribution in [3.05, 3.63) is 41.7 Å². The number of amides is 1. The van der Waals surface area contributed by atoms with Gasteiger partial charge in [-0.1, -0.05) is 31.4 Å². The van der Waals surface area contributed by atoms with Gasteiger partial charge in [0.1, 0.15) is 17.9 Å². The van der Waals surface area contributed by atoms with Gasteiger partial charge in [0.05, 0.1) is 29.7 Å². The summed E-state index contributed by atoms with van der Waals surface area (Å²) in [5.41, 5.74) is 11.1. The highest BCUT2D eigenvalue weighted by Gasteiger charge is 2.26. The number of ether oxygens (including phenoxy) is 1. The van der Waals surface area contributed by atoms with E-state index in [4.69, 9.17) is 15.5 Å². The van der Waals surface area contributed by atoms with Crippen molar-refractivity contribution in [3.8, 4) is 16.9 Å². The molecule has 1 unspecified atom stereocenters. The Morgan fingerprint density at radius 2 is 2.06 bits per heavy atom. The zero-order valence-corrected chi connectivity index (χ0v) is 18.0. The number of hydrogen-bond donors (Lipinski definition) is 3. The molecule has 1 aliphatic carbocycles. The zero-order valence-electron chi connectivity index (χ0n) is 18.0. The summed E-state index contributed by atoms with van der Waals surface area (Å²) in [5, 5.41) is 9.19. The van der Waals surface area contributed by atoms with Crippen LogP contribution < -0.4 is 10.5 Å². The topological polar surface area (TPSA) is 114 Å². The van der Waals surface area contributed by atoms with Crippen molar-refractivity contribution >= 4 is 28.8 Å². The molecule has 7 nitrogen and oxygen atoms in total. The van der Waals surface area contributed by atoms with E-state index in [2.05, 4.69) is 34.4 Å². The quantitative estimate of drug-likeness (QED) is 0.543. The van der Waals surface area contributed by atoms with Gasteiger partial charge < -0.3 is 20.6 Å². The Bertz CT molecular complexity index is 1180. The number of nitrogens with zero attached hydrogens (tertiary/aromatic N) is 2. The molecule has 0 bridgehead atoms. The maximum atomic E-state index is 12.1. The number of H-pyrrole nitrogens is 1. The van der Waals surface area contributed by atoms with E-state index in [9.17, 15) is 9.90 Å². The number of primary amides is 1. The number of imidazole rings is 1. The third-order valence-electron chi connectivity index (χ3n) is 6.77. The van der Waals surface area contributed by atoms with Crippen LogP contribution in [0.15, 0.2) is 35.6 Å². The molecule has 2 aromatic carbocycles. The fraction of sp³-hybridized carbons (Fsp3) is 0.400. The largest absolute Gasteiger partial charge is 0.490 e. The first kappa shape index (κ1) is 20.7. The molecule has 5 rings (SSSR count). The number of hydrogen-bond acceptors (Lipinski definition) is 5. The van der Waals surface area contributed by atoms with Gasteiger partial charge in [0.2, 0.25) is 0 Å². The van der Waals surface area contributed by atoms with Crippen LogP contribution in [0.2, 0.25) is 0 Å². The molecule has 0 saturated heterocycles. The molecule has 3 aromatic rings. The van der Waals surface area contributed by atoms with E-state index >= 15 is 0 Å². The molecule has 1 aliphatic heterocycles. The molecule has 4 N–H and O–H groups in total. The second-order valence-corrected chi connectivity index (χ2v) is 8.75. The first-order valence-corrected chi connectivity index (χ1v) is 11.4. The Hall–Kier alpha value is -3.19. The Labute approximate surface area is 186 Å². The molecule has 2 heterocycles. The molecular weight excluding hydrogens is 404 g/mol. The Balaban J connectivity index is 1.52. The molecule has 1 fully saturated rings. The third-order valence-corrected chi connectivity index (χ3v) is 6.77. The first-order chi connectivity index (χ1) is 15.7. The van der Waals surface area contributed by atoms with E-state index in [0.29, 0.717) is 22.7 Å². The molecule has 0 radical (unpaired) electrons. The number of aliphatic hydroxyl groups excluding tert-OH is 1. The maximum absolute atomic E-state index is 12.1. The van der Waals surface area contributed by atoms with Crippen molar-refractivity contribution in [2.24, 2.45) is 22.6 Å². The molecule has 1 atom stereocenters. The zero-order chi connectivity index (χ0) is 22.1. The van der Waals surface area contributed by atoms with E-state index in [-0.39, 0.29) is 18.8 Å². The van der Waals surface area contributed by atoms with E-state index in [1.807, 2.05) is 0 Å². The van der Waals surface area contributed by atoms with Crippen molar-refractivity contribution in [3.63, 3.8) is 0 Å². The van der Waals surface area contributed by atoms with Crippen LogP contribution in [-0.2, 0) is 6.42 Å². The minimum absolute atomic E-state index is 0.0659. The van der Waals surface area contributed by atoms with Crippen molar-refractivity contribution in [2.75, 3.05) is 13.2 Å². The Morgan fingerprint density at radius 1 is 1.22 bits per heavy atom. The number of aromatic amines is 1. The molecule has 1 aromatic heterocycles. The van der Waals surface area contributed by atoms with Gasteiger partial charge in [0.25, 0.3) is 5.91 Å². The van der Waals surface area contributed by atoms with Crippen LogP contribution in [0.5, 0.6) is 5.75 Å². The number of carbonyl (C=O) groups excluding carboxylic acids is 1. The molecule has 0 spiro atoms. The molecule has 1 saturated carbocycles. The van der Waals surface area contributed by atoms with E-state index < -0.39 is 5.91 Å². The summed E-state index contributed by atoms with van der Waals surface area (Å²) in [5.74, 6) is 0.996. The summed E-state index contributed by atoms with van der Waals surface area (Å²) >= 11 is 0.